The Kier molecular flexibility index (Phi) is 4.96. The number of hydrogen-bond donors (Lipinski definition) is 3. The number of hydroxylamine groups is 1. The van der Waals surface area contributed by atoms with E-state index in [2.05, 4.69) is 10.8 Å². The molecule has 1 aliphatic rings. The molecule has 1 atom stereocenters. The standard InChI is InChI=1S/C18H21N3O3/c19-17(22)16(20-18(23)21-24-15-7-3-4-8-15)14-10-9-12-5-1-2-6-13(12)11-14/h1-2,5-6,9-11,15-16H,3-4,7-8H2,(H2,19,22)(H2,20,21,23). The van der Waals surface area contributed by atoms with E-state index in [0.29, 0.717) is 5.56 Å². The first-order valence-electron chi connectivity index (χ1n) is 8.13. The molecule has 0 aromatic heterocycles. The molecule has 2 aromatic rings. The first-order chi connectivity index (χ1) is 11.6. The SMILES string of the molecule is NC(=O)C(NC(=O)NOC1CCCC1)c1ccc2ccccc2c1. The average molecular weight is 327 g/mol. The van der Waals surface area contributed by atoms with E-state index in [-0.39, 0.29) is 6.10 Å². The Bertz CT molecular complexity index is 741. The van der Waals surface area contributed by atoms with Crippen LogP contribution in [0, 0.1) is 0 Å². The van der Waals surface area contributed by atoms with Crippen molar-refractivity contribution in [3.8, 4) is 0 Å². The summed E-state index contributed by atoms with van der Waals surface area (Å²) in [6, 6.07) is 11.8. The summed E-state index contributed by atoms with van der Waals surface area (Å²) < 4.78 is 0. The zero-order chi connectivity index (χ0) is 16.9. The second-order valence-electron chi connectivity index (χ2n) is 6.04. The van der Waals surface area contributed by atoms with E-state index in [4.69, 9.17) is 10.6 Å². The van der Waals surface area contributed by atoms with E-state index in [0.717, 1.165) is 36.5 Å². The molecule has 24 heavy (non-hydrogen) atoms. The Morgan fingerprint density at radius 2 is 1.79 bits per heavy atom. The highest BCUT2D eigenvalue weighted by molar-refractivity contribution is 5.89. The van der Waals surface area contributed by atoms with Crippen LogP contribution < -0.4 is 16.5 Å². The lowest BCUT2D eigenvalue weighted by Crippen LogP contribution is -2.43. The monoisotopic (exact) mass is 327 g/mol. The van der Waals surface area contributed by atoms with Crippen molar-refractivity contribution in [2.24, 2.45) is 5.73 Å². The Hall–Kier alpha value is -2.60. The second-order valence-corrected chi connectivity index (χ2v) is 6.04. The van der Waals surface area contributed by atoms with Crippen LogP contribution in [0.15, 0.2) is 42.5 Å². The number of hydrogen-bond acceptors (Lipinski definition) is 3. The van der Waals surface area contributed by atoms with Gasteiger partial charge >= 0.3 is 6.03 Å². The maximum absolute atomic E-state index is 12.0. The lowest BCUT2D eigenvalue weighted by Gasteiger charge is -2.18. The number of rotatable bonds is 5. The van der Waals surface area contributed by atoms with E-state index >= 15 is 0 Å². The van der Waals surface area contributed by atoms with Gasteiger partial charge in [0, 0.05) is 0 Å². The van der Waals surface area contributed by atoms with Gasteiger partial charge in [-0.1, -0.05) is 49.2 Å². The van der Waals surface area contributed by atoms with Gasteiger partial charge in [-0.05, 0) is 35.2 Å². The van der Waals surface area contributed by atoms with Gasteiger partial charge in [0.05, 0.1) is 6.10 Å². The minimum absolute atomic E-state index is 0.0449. The molecule has 0 heterocycles. The molecule has 3 amide bonds. The van der Waals surface area contributed by atoms with Crippen molar-refractivity contribution < 1.29 is 14.4 Å². The second kappa shape index (κ2) is 7.31. The largest absolute Gasteiger partial charge is 0.368 e. The highest BCUT2D eigenvalue weighted by Gasteiger charge is 2.22. The maximum atomic E-state index is 12.0. The maximum Gasteiger partial charge on any atom is 0.339 e. The van der Waals surface area contributed by atoms with Gasteiger partial charge in [-0.3, -0.25) is 9.63 Å². The number of nitrogens with two attached hydrogens (primary N) is 1. The molecule has 0 saturated heterocycles. The summed E-state index contributed by atoms with van der Waals surface area (Å²) in [7, 11) is 0. The molecule has 0 bridgehead atoms. The van der Waals surface area contributed by atoms with Crippen molar-refractivity contribution in [1.82, 2.24) is 10.8 Å². The molecule has 2 aromatic carbocycles. The van der Waals surface area contributed by atoms with Crippen LogP contribution in [-0.2, 0) is 9.63 Å². The van der Waals surface area contributed by atoms with E-state index < -0.39 is 18.0 Å². The number of nitrogens with one attached hydrogen (secondary N) is 2. The molecule has 1 unspecified atom stereocenters. The van der Waals surface area contributed by atoms with Crippen LogP contribution >= 0.6 is 0 Å². The topological polar surface area (TPSA) is 93.5 Å². The van der Waals surface area contributed by atoms with Crippen LogP contribution in [0.5, 0.6) is 0 Å². The molecule has 1 saturated carbocycles. The summed E-state index contributed by atoms with van der Waals surface area (Å²) >= 11 is 0. The minimum atomic E-state index is -0.915. The first kappa shape index (κ1) is 16.3. The molecular formula is C18H21N3O3. The van der Waals surface area contributed by atoms with Crippen LogP contribution in [0.4, 0.5) is 4.79 Å². The predicted molar refractivity (Wildman–Crippen MR) is 90.9 cm³/mol. The summed E-state index contributed by atoms with van der Waals surface area (Å²) in [5.74, 6) is -0.624. The number of carbonyl (C=O) groups excluding carboxylic acids is 2. The number of carbonyl (C=O) groups is 2. The Labute approximate surface area is 140 Å². The van der Waals surface area contributed by atoms with Gasteiger partial charge in [0.15, 0.2) is 0 Å². The normalized spacial score (nSPS) is 16.0. The molecule has 0 aliphatic heterocycles. The van der Waals surface area contributed by atoms with Crippen LogP contribution in [0.1, 0.15) is 37.3 Å². The van der Waals surface area contributed by atoms with Crippen molar-refractivity contribution in [1.29, 1.82) is 0 Å². The third-order valence-electron chi connectivity index (χ3n) is 4.29. The van der Waals surface area contributed by atoms with Crippen molar-refractivity contribution in [3.05, 3.63) is 48.0 Å². The Balaban J connectivity index is 1.68. The molecule has 6 heteroatoms. The lowest BCUT2D eigenvalue weighted by molar-refractivity contribution is -0.120. The molecule has 4 N–H and O–H groups in total. The average Bonchev–Trinajstić information content (AvgIpc) is 3.10. The van der Waals surface area contributed by atoms with E-state index in [1.165, 1.54) is 0 Å². The van der Waals surface area contributed by atoms with Crippen molar-refractivity contribution in [2.45, 2.75) is 37.8 Å². The number of amides is 3. The zero-order valence-corrected chi connectivity index (χ0v) is 13.3. The minimum Gasteiger partial charge on any atom is -0.368 e. The first-order valence-corrected chi connectivity index (χ1v) is 8.13. The molecule has 1 aliphatic carbocycles. The molecule has 126 valence electrons. The highest BCUT2D eigenvalue weighted by Crippen LogP contribution is 2.21. The van der Waals surface area contributed by atoms with Gasteiger partial charge in [0.2, 0.25) is 5.91 Å². The molecule has 0 spiro atoms. The summed E-state index contributed by atoms with van der Waals surface area (Å²) in [6.45, 7) is 0. The fourth-order valence-corrected chi connectivity index (χ4v) is 3.01. The van der Waals surface area contributed by atoms with E-state index in [1.54, 1.807) is 6.07 Å². The van der Waals surface area contributed by atoms with Crippen LogP contribution in [0.3, 0.4) is 0 Å². The quantitative estimate of drug-likeness (QED) is 0.737. The fourth-order valence-electron chi connectivity index (χ4n) is 3.01. The van der Waals surface area contributed by atoms with E-state index in [1.807, 2.05) is 36.4 Å². The third kappa shape index (κ3) is 3.83. The van der Waals surface area contributed by atoms with Gasteiger partial charge in [0.1, 0.15) is 6.04 Å². The summed E-state index contributed by atoms with van der Waals surface area (Å²) in [5, 5.41) is 4.60. The van der Waals surface area contributed by atoms with Crippen LogP contribution in [0.25, 0.3) is 10.8 Å². The van der Waals surface area contributed by atoms with Crippen LogP contribution in [0.2, 0.25) is 0 Å². The number of primary amides is 1. The lowest BCUT2D eigenvalue weighted by atomic mass is 10.0. The number of benzene rings is 2. The number of fused-ring (bicyclic) bond motifs is 1. The van der Waals surface area contributed by atoms with Gasteiger partial charge in [-0.2, -0.15) is 0 Å². The Morgan fingerprint density at radius 3 is 2.50 bits per heavy atom. The van der Waals surface area contributed by atoms with E-state index in [9.17, 15) is 9.59 Å². The molecule has 3 rings (SSSR count). The smallest absolute Gasteiger partial charge is 0.339 e. The summed E-state index contributed by atoms with van der Waals surface area (Å²) in [4.78, 5) is 29.1. The Morgan fingerprint density at radius 1 is 1.08 bits per heavy atom. The van der Waals surface area contributed by atoms with Crippen LogP contribution in [-0.4, -0.2) is 18.0 Å². The highest BCUT2D eigenvalue weighted by atomic mass is 16.7. The molecule has 0 radical (unpaired) electrons. The van der Waals surface area contributed by atoms with Gasteiger partial charge in [-0.15, -0.1) is 0 Å². The molecular weight excluding hydrogens is 306 g/mol. The van der Waals surface area contributed by atoms with Crippen molar-refractivity contribution in [3.63, 3.8) is 0 Å². The predicted octanol–water partition coefficient (Wildman–Crippen LogP) is 2.54. The molecule has 1 fully saturated rings. The van der Waals surface area contributed by atoms with Crippen molar-refractivity contribution in [2.75, 3.05) is 0 Å². The van der Waals surface area contributed by atoms with Gasteiger partial charge in [-0.25, -0.2) is 10.3 Å². The zero-order valence-electron chi connectivity index (χ0n) is 13.3. The third-order valence-corrected chi connectivity index (χ3v) is 4.29. The summed E-state index contributed by atoms with van der Waals surface area (Å²) in [6.07, 6.45) is 4.13. The fraction of sp³-hybridized carbons (Fsp3) is 0.333. The van der Waals surface area contributed by atoms with Gasteiger partial charge in [0.25, 0.3) is 0 Å². The van der Waals surface area contributed by atoms with Crippen molar-refractivity contribution >= 4 is 22.7 Å². The summed E-state index contributed by atoms with van der Waals surface area (Å²) in [5.41, 5.74) is 8.45. The number of urea groups is 1. The molecule has 6 nitrogen and oxygen atoms in total. The van der Waals surface area contributed by atoms with Gasteiger partial charge < -0.3 is 11.1 Å².